The second-order valence-electron chi connectivity index (χ2n) is 6.71. The Morgan fingerprint density at radius 1 is 1.11 bits per heavy atom. The van der Waals surface area contributed by atoms with Crippen molar-refractivity contribution < 1.29 is 32.7 Å². The first kappa shape index (κ1) is 18.9. The molecule has 1 saturated carbocycles. The van der Waals surface area contributed by atoms with E-state index in [1.807, 2.05) is 12.2 Å². The summed E-state index contributed by atoms with van der Waals surface area (Å²) >= 11 is 0. The van der Waals surface area contributed by atoms with Crippen LogP contribution in [0.4, 0.5) is 18.9 Å². The van der Waals surface area contributed by atoms with Gasteiger partial charge in [-0.05, 0) is 36.5 Å². The first-order valence-corrected chi connectivity index (χ1v) is 8.33. The third-order valence-corrected chi connectivity index (χ3v) is 4.89. The van der Waals surface area contributed by atoms with Crippen molar-refractivity contribution in [3.05, 3.63) is 42.0 Å². The van der Waals surface area contributed by atoms with Gasteiger partial charge in [0.2, 0.25) is 5.91 Å². The maximum absolute atomic E-state index is 12.6. The molecule has 0 spiro atoms. The number of carbonyl (C=O) groups excluding carboxylic acids is 2. The van der Waals surface area contributed by atoms with Crippen molar-refractivity contribution in [3.63, 3.8) is 0 Å². The average Bonchev–Trinajstić information content (AvgIpc) is 3.20. The first-order chi connectivity index (χ1) is 12.7. The predicted molar refractivity (Wildman–Crippen MR) is 88.8 cm³/mol. The molecular formula is C18H17F3N2O4. The maximum Gasteiger partial charge on any atom is 0.405 e. The van der Waals surface area contributed by atoms with Gasteiger partial charge in [-0.25, -0.2) is 0 Å². The van der Waals surface area contributed by atoms with Gasteiger partial charge in [0.25, 0.3) is 5.91 Å². The van der Waals surface area contributed by atoms with Crippen molar-refractivity contribution in [2.24, 2.45) is 23.7 Å². The van der Waals surface area contributed by atoms with Gasteiger partial charge in [0, 0.05) is 11.3 Å². The number of amides is 2. The Morgan fingerprint density at radius 3 is 2.41 bits per heavy atom. The molecule has 0 radical (unpaired) electrons. The number of benzene rings is 1. The van der Waals surface area contributed by atoms with Gasteiger partial charge < -0.3 is 15.7 Å². The van der Waals surface area contributed by atoms with E-state index in [0.717, 1.165) is 0 Å². The normalized spacial score (nSPS) is 26.0. The molecule has 0 aliphatic heterocycles. The van der Waals surface area contributed by atoms with Crippen molar-refractivity contribution in [2.45, 2.75) is 12.6 Å². The van der Waals surface area contributed by atoms with Crippen molar-refractivity contribution in [1.82, 2.24) is 5.32 Å². The standard InChI is InChI=1S/C18H17F3N2O4/c19-18(20,21)8-22-15(24)11-2-1-3-12(7-11)23-16(25)13-9-4-5-10(6-9)14(13)17(26)27/h1-5,7,9-10,13-14H,6,8H2,(H,22,24)(H,23,25)(H,26,27)/t9-,10-,13+,14-/m0/s1. The van der Waals surface area contributed by atoms with Crippen molar-refractivity contribution in [2.75, 3.05) is 11.9 Å². The van der Waals surface area contributed by atoms with Gasteiger partial charge >= 0.3 is 12.1 Å². The third kappa shape index (κ3) is 4.12. The van der Waals surface area contributed by atoms with Crippen LogP contribution in [-0.2, 0) is 9.59 Å². The third-order valence-electron chi connectivity index (χ3n) is 4.89. The summed E-state index contributed by atoms with van der Waals surface area (Å²) in [5.74, 6) is -4.30. The number of carbonyl (C=O) groups is 3. The van der Waals surface area contributed by atoms with E-state index in [2.05, 4.69) is 5.32 Å². The molecule has 1 fully saturated rings. The number of alkyl halides is 3. The van der Waals surface area contributed by atoms with Crippen LogP contribution < -0.4 is 10.6 Å². The number of aliphatic carboxylic acids is 1. The lowest BCUT2D eigenvalue weighted by Crippen LogP contribution is -2.36. The zero-order valence-corrected chi connectivity index (χ0v) is 14.0. The minimum Gasteiger partial charge on any atom is -0.481 e. The largest absolute Gasteiger partial charge is 0.481 e. The molecule has 3 rings (SSSR count). The van der Waals surface area contributed by atoms with E-state index in [-0.39, 0.29) is 23.1 Å². The fourth-order valence-electron chi connectivity index (χ4n) is 3.76. The summed E-state index contributed by atoms with van der Waals surface area (Å²) in [4.78, 5) is 35.9. The molecule has 0 saturated heterocycles. The molecule has 0 aromatic heterocycles. The topological polar surface area (TPSA) is 95.5 Å². The molecule has 9 heteroatoms. The van der Waals surface area contributed by atoms with Gasteiger partial charge in [0.15, 0.2) is 0 Å². The van der Waals surface area contributed by atoms with Crippen LogP contribution in [0, 0.1) is 23.7 Å². The van der Waals surface area contributed by atoms with Crippen LogP contribution in [0.1, 0.15) is 16.8 Å². The monoisotopic (exact) mass is 382 g/mol. The minimum absolute atomic E-state index is 0.0420. The smallest absolute Gasteiger partial charge is 0.405 e. The number of rotatable bonds is 5. The van der Waals surface area contributed by atoms with Crippen LogP contribution in [0.5, 0.6) is 0 Å². The highest BCUT2D eigenvalue weighted by atomic mass is 19.4. The summed E-state index contributed by atoms with van der Waals surface area (Å²) in [5, 5.41) is 13.7. The predicted octanol–water partition coefficient (Wildman–Crippen LogP) is 2.44. The number of nitrogens with one attached hydrogen (secondary N) is 2. The molecule has 6 nitrogen and oxygen atoms in total. The molecule has 2 aliphatic rings. The number of allylic oxidation sites excluding steroid dienone is 2. The molecule has 2 bridgehead atoms. The van der Waals surface area contributed by atoms with Gasteiger partial charge in [-0.1, -0.05) is 18.2 Å². The van der Waals surface area contributed by atoms with Gasteiger partial charge in [-0.2, -0.15) is 13.2 Å². The summed E-state index contributed by atoms with van der Waals surface area (Å²) in [5.41, 5.74) is 0.176. The summed E-state index contributed by atoms with van der Waals surface area (Å²) in [6, 6.07) is 5.48. The highest BCUT2D eigenvalue weighted by Gasteiger charge is 2.51. The van der Waals surface area contributed by atoms with Crippen LogP contribution >= 0.6 is 0 Å². The Balaban J connectivity index is 1.69. The number of anilines is 1. The second kappa shape index (κ2) is 7.05. The highest BCUT2D eigenvalue weighted by Crippen LogP contribution is 2.48. The van der Waals surface area contributed by atoms with Crippen LogP contribution in [0.25, 0.3) is 0 Å². The lowest BCUT2D eigenvalue weighted by molar-refractivity contribution is -0.146. The molecule has 4 atom stereocenters. The van der Waals surface area contributed by atoms with Crippen molar-refractivity contribution in [1.29, 1.82) is 0 Å². The molecule has 2 aliphatic carbocycles. The number of carboxylic acids is 1. The lowest BCUT2D eigenvalue weighted by atomic mass is 9.82. The van der Waals surface area contributed by atoms with E-state index in [0.29, 0.717) is 6.42 Å². The number of hydrogen-bond donors (Lipinski definition) is 3. The Morgan fingerprint density at radius 2 is 1.78 bits per heavy atom. The number of carboxylic acid groups (broad SMARTS) is 1. The zero-order chi connectivity index (χ0) is 19.8. The van der Waals surface area contributed by atoms with Crippen LogP contribution in [-0.4, -0.2) is 35.6 Å². The van der Waals surface area contributed by atoms with Crippen LogP contribution in [0.2, 0.25) is 0 Å². The van der Waals surface area contributed by atoms with E-state index in [4.69, 9.17) is 0 Å². The molecule has 0 unspecified atom stereocenters. The molecule has 27 heavy (non-hydrogen) atoms. The molecular weight excluding hydrogens is 365 g/mol. The first-order valence-electron chi connectivity index (χ1n) is 8.33. The Labute approximate surface area is 152 Å². The van der Waals surface area contributed by atoms with Gasteiger partial charge in [0.1, 0.15) is 6.54 Å². The van der Waals surface area contributed by atoms with Gasteiger partial charge in [-0.3, -0.25) is 14.4 Å². The number of hydrogen-bond acceptors (Lipinski definition) is 3. The summed E-state index contributed by atoms with van der Waals surface area (Å²) in [7, 11) is 0. The molecule has 3 N–H and O–H groups in total. The SMILES string of the molecule is O=C(NCC(F)(F)F)c1cccc(NC(=O)[C@H]2[C@@H](C(=O)O)[C@H]3C=C[C@H]2C3)c1. The molecule has 1 aromatic rings. The van der Waals surface area contributed by atoms with Crippen molar-refractivity contribution >= 4 is 23.5 Å². The van der Waals surface area contributed by atoms with Crippen LogP contribution in [0.3, 0.4) is 0 Å². The molecule has 144 valence electrons. The molecule has 0 heterocycles. The number of fused-ring (bicyclic) bond motifs is 2. The van der Waals surface area contributed by atoms with Gasteiger partial charge in [-0.15, -0.1) is 0 Å². The van der Waals surface area contributed by atoms with E-state index < -0.39 is 42.3 Å². The van der Waals surface area contributed by atoms with E-state index >= 15 is 0 Å². The van der Waals surface area contributed by atoms with E-state index in [9.17, 15) is 32.7 Å². The van der Waals surface area contributed by atoms with E-state index in [1.165, 1.54) is 24.3 Å². The summed E-state index contributed by atoms with van der Waals surface area (Å²) in [6.45, 7) is -1.46. The Bertz CT molecular complexity index is 806. The fourth-order valence-corrected chi connectivity index (χ4v) is 3.76. The van der Waals surface area contributed by atoms with E-state index in [1.54, 1.807) is 5.32 Å². The molecule has 1 aromatic carbocycles. The Kier molecular flexibility index (Phi) is 4.95. The quantitative estimate of drug-likeness (QED) is 0.682. The lowest BCUT2D eigenvalue weighted by Gasteiger charge is -2.24. The average molecular weight is 382 g/mol. The highest BCUT2D eigenvalue weighted by molar-refractivity contribution is 5.99. The van der Waals surface area contributed by atoms with Crippen molar-refractivity contribution in [3.8, 4) is 0 Å². The second-order valence-corrected chi connectivity index (χ2v) is 6.71. The minimum atomic E-state index is -4.53. The zero-order valence-electron chi connectivity index (χ0n) is 14.0. The summed E-state index contributed by atoms with van der Waals surface area (Å²) < 4.78 is 36.6. The number of halogens is 3. The fraction of sp³-hybridized carbons (Fsp3) is 0.389. The molecule has 2 amide bonds. The summed E-state index contributed by atoms with van der Waals surface area (Å²) in [6.07, 6.45) is -0.258. The maximum atomic E-state index is 12.6. The van der Waals surface area contributed by atoms with Crippen LogP contribution in [0.15, 0.2) is 36.4 Å². The van der Waals surface area contributed by atoms with Gasteiger partial charge in [0.05, 0.1) is 11.8 Å². The Hall–Kier alpha value is -2.84.